The molecule has 0 aliphatic carbocycles. The number of nitrogens with two attached hydrogens (primary N) is 1. The quantitative estimate of drug-likeness (QED) is 0.364. The van der Waals surface area contributed by atoms with Crippen LogP contribution in [0.2, 0.25) is 0 Å². The predicted octanol–water partition coefficient (Wildman–Crippen LogP) is 0.121. The van der Waals surface area contributed by atoms with E-state index in [4.69, 9.17) is 25.1 Å². The summed E-state index contributed by atoms with van der Waals surface area (Å²) in [5, 5.41) is 8.41. The summed E-state index contributed by atoms with van der Waals surface area (Å²) in [6.45, 7) is 5.78. The number of carboxylic acids is 1. The highest BCUT2D eigenvalue weighted by Crippen LogP contribution is 2.07. The molecule has 0 aliphatic heterocycles. The lowest BCUT2D eigenvalue weighted by atomic mass is 10.2. The summed E-state index contributed by atoms with van der Waals surface area (Å²) in [5.74, 6) is -1.57. The molecule has 0 amide bonds. The van der Waals surface area contributed by atoms with E-state index >= 15 is 0 Å². The topological polar surface area (TPSA) is 108 Å². The number of ether oxygens (including phenoxy) is 3. The number of carboxylic acid groups (broad SMARTS) is 1. The molecule has 0 aliphatic rings. The van der Waals surface area contributed by atoms with Gasteiger partial charge in [-0.2, -0.15) is 0 Å². The molecule has 7 nitrogen and oxygen atoms in total. The van der Waals surface area contributed by atoms with Crippen molar-refractivity contribution in [1.29, 1.82) is 0 Å². The molecule has 1 unspecified atom stereocenters. The Bertz CT molecular complexity index is 273. The van der Waals surface area contributed by atoms with Gasteiger partial charge in [0.1, 0.15) is 5.60 Å². The van der Waals surface area contributed by atoms with E-state index in [1.807, 2.05) is 0 Å². The average Bonchev–Trinajstić information content (AvgIpc) is 2.19. The van der Waals surface area contributed by atoms with Crippen LogP contribution in [0.25, 0.3) is 0 Å². The van der Waals surface area contributed by atoms with Crippen LogP contribution < -0.4 is 5.73 Å². The first-order valence-corrected chi connectivity index (χ1v) is 5.62. The molecule has 18 heavy (non-hydrogen) atoms. The lowest BCUT2D eigenvalue weighted by molar-refractivity contribution is -0.156. The number of carbonyl (C=O) groups is 2. The van der Waals surface area contributed by atoms with Gasteiger partial charge in [0, 0.05) is 0 Å². The first kappa shape index (κ1) is 16.8. The van der Waals surface area contributed by atoms with E-state index in [0.29, 0.717) is 0 Å². The van der Waals surface area contributed by atoms with Crippen LogP contribution in [-0.4, -0.2) is 48.7 Å². The monoisotopic (exact) mass is 263 g/mol. The largest absolute Gasteiger partial charge is 0.478 e. The Labute approximate surface area is 106 Å². The van der Waals surface area contributed by atoms with Crippen molar-refractivity contribution >= 4 is 11.9 Å². The molecule has 0 aromatic carbocycles. The molecule has 0 aromatic rings. The van der Waals surface area contributed by atoms with Crippen molar-refractivity contribution in [2.75, 3.05) is 19.8 Å². The third kappa shape index (κ3) is 10.0. The fraction of sp³-hybridized carbons (Fsp3) is 0.818. The molecule has 0 aromatic heterocycles. The highest BCUT2D eigenvalue weighted by molar-refractivity contribution is 5.71. The van der Waals surface area contributed by atoms with Crippen molar-refractivity contribution in [3.8, 4) is 0 Å². The molecule has 1 atom stereocenters. The van der Waals surface area contributed by atoms with E-state index in [1.54, 1.807) is 20.8 Å². The molecule has 0 radical (unpaired) electrons. The summed E-state index contributed by atoms with van der Waals surface area (Å²) in [7, 11) is 0. The van der Waals surface area contributed by atoms with E-state index in [2.05, 4.69) is 0 Å². The molecule has 0 bridgehead atoms. The van der Waals surface area contributed by atoms with Crippen LogP contribution in [0.5, 0.6) is 0 Å². The zero-order chi connectivity index (χ0) is 14.2. The molecule has 0 rings (SSSR count). The summed E-state index contributed by atoms with van der Waals surface area (Å²) in [4.78, 5) is 21.5. The van der Waals surface area contributed by atoms with Gasteiger partial charge in [0.05, 0.1) is 26.2 Å². The maximum atomic E-state index is 11.3. The van der Waals surface area contributed by atoms with Gasteiger partial charge < -0.3 is 19.3 Å². The van der Waals surface area contributed by atoms with E-state index in [1.165, 1.54) is 0 Å². The third-order valence-electron chi connectivity index (χ3n) is 1.64. The molecule has 7 heteroatoms. The minimum Gasteiger partial charge on any atom is -0.478 e. The Hall–Kier alpha value is -1.18. The number of hydrogen-bond acceptors (Lipinski definition) is 6. The van der Waals surface area contributed by atoms with Gasteiger partial charge in [0.15, 0.2) is 0 Å². The van der Waals surface area contributed by atoms with Gasteiger partial charge in [-0.05, 0) is 20.8 Å². The van der Waals surface area contributed by atoms with Gasteiger partial charge in [-0.3, -0.25) is 10.5 Å². The van der Waals surface area contributed by atoms with E-state index in [-0.39, 0.29) is 32.2 Å². The van der Waals surface area contributed by atoms with Crippen LogP contribution in [0.3, 0.4) is 0 Å². The highest BCUT2D eigenvalue weighted by Gasteiger charge is 2.15. The van der Waals surface area contributed by atoms with Gasteiger partial charge in [-0.1, -0.05) is 0 Å². The van der Waals surface area contributed by atoms with Crippen LogP contribution in [-0.2, 0) is 23.8 Å². The summed E-state index contributed by atoms with van der Waals surface area (Å²) in [6, 6.07) is 0. The van der Waals surface area contributed by atoms with Crippen molar-refractivity contribution in [2.45, 2.75) is 39.0 Å². The Balaban J connectivity index is 3.46. The van der Waals surface area contributed by atoms with Crippen molar-refractivity contribution < 1.29 is 28.9 Å². The number of aliphatic carboxylic acids is 1. The third-order valence-corrected chi connectivity index (χ3v) is 1.64. The highest BCUT2D eigenvalue weighted by atomic mass is 16.6. The molecule has 0 heterocycles. The van der Waals surface area contributed by atoms with E-state index in [0.717, 1.165) is 0 Å². The Morgan fingerprint density at radius 3 is 2.33 bits per heavy atom. The fourth-order valence-corrected chi connectivity index (χ4v) is 0.955. The van der Waals surface area contributed by atoms with Gasteiger partial charge in [0.25, 0.3) is 0 Å². The molecule has 0 saturated heterocycles. The molecule has 3 N–H and O–H groups in total. The lowest BCUT2D eigenvalue weighted by Crippen LogP contribution is -2.34. The van der Waals surface area contributed by atoms with Gasteiger partial charge in [-0.15, -0.1) is 0 Å². The number of carbonyl (C=O) groups excluding carboxylic acids is 1. The first-order valence-electron chi connectivity index (χ1n) is 5.62. The summed E-state index contributed by atoms with van der Waals surface area (Å²) >= 11 is 0. The van der Waals surface area contributed by atoms with Gasteiger partial charge >= 0.3 is 11.9 Å². The second kappa shape index (κ2) is 8.02. The fourth-order valence-electron chi connectivity index (χ4n) is 0.955. The van der Waals surface area contributed by atoms with Crippen LogP contribution in [0, 0.1) is 0 Å². The first-order chi connectivity index (χ1) is 8.22. The minimum atomic E-state index is -1.35. The van der Waals surface area contributed by atoms with E-state index < -0.39 is 17.8 Å². The van der Waals surface area contributed by atoms with Gasteiger partial charge in [0.2, 0.25) is 6.23 Å². The molecular formula is C11H21NO6. The normalized spacial score (nSPS) is 13.1. The Morgan fingerprint density at radius 1 is 1.22 bits per heavy atom. The van der Waals surface area contributed by atoms with Crippen LogP contribution >= 0.6 is 0 Å². The molecular weight excluding hydrogens is 242 g/mol. The maximum absolute atomic E-state index is 11.3. The zero-order valence-corrected chi connectivity index (χ0v) is 11.0. The minimum absolute atomic E-state index is 0.0573. The molecule has 0 saturated carbocycles. The number of rotatable bonds is 8. The maximum Gasteiger partial charge on any atom is 0.347 e. The van der Waals surface area contributed by atoms with Crippen LogP contribution in [0.15, 0.2) is 0 Å². The van der Waals surface area contributed by atoms with Crippen molar-refractivity contribution in [1.82, 2.24) is 0 Å². The smallest absolute Gasteiger partial charge is 0.347 e. The van der Waals surface area contributed by atoms with Crippen LogP contribution in [0.1, 0.15) is 27.2 Å². The Kier molecular flexibility index (Phi) is 7.49. The number of hydrogen-bond donors (Lipinski definition) is 2. The van der Waals surface area contributed by atoms with Crippen molar-refractivity contribution in [3.05, 3.63) is 0 Å². The zero-order valence-electron chi connectivity index (χ0n) is 11.0. The lowest BCUT2D eigenvalue weighted by Gasteiger charge is -2.19. The predicted molar refractivity (Wildman–Crippen MR) is 62.8 cm³/mol. The number of esters is 1. The van der Waals surface area contributed by atoms with Crippen molar-refractivity contribution in [2.24, 2.45) is 5.73 Å². The molecule has 0 spiro atoms. The molecule has 106 valence electrons. The Morgan fingerprint density at radius 2 is 1.83 bits per heavy atom. The second-order valence-electron chi connectivity index (χ2n) is 4.58. The average molecular weight is 263 g/mol. The molecule has 0 fully saturated rings. The summed E-state index contributed by atoms with van der Waals surface area (Å²) in [6.07, 6.45) is -1.21. The summed E-state index contributed by atoms with van der Waals surface area (Å²) < 4.78 is 14.9. The van der Waals surface area contributed by atoms with E-state index in [9.17, 15) is 9.59 Å². The summed E-state index contributed by atoms with van der Waals surface area (Å²) in [5.41, 5.74) is 4.59. The van der Waals surface area contributed by atoms with Crippen LogP contribution in [0.4, 0.5) is 0 Å². The second-order valence-corrected chi connectivity index (χ2v) is 4.58. The van der Waals surface area contributed by atoms with Gasteiger partial charge in [-0.25, -0.2) is 4.79 Å². The van der Waals surface area contributed by atoms with Crippen molar-refractivity contribution in [3.63, 3.8) is 0 Å². The SMILES string of the molecule is CC(C)(C)OC(=O)CCOCCOC(N)C(=O)O. The standard InChI is InChI=1S/C11H21NO6/c1-11(2,3)18-8(13)4-5-16-6-7-17-9(12)10(14)15/h9H,4-7,12H2,1-3H3,(H,14,15).